The van der Waals surface area contributed by atoms with Crippen LogP contribution in [0.2, 0.25) is 5.02 Å². The predicted octanol–water partition coefficient (Wildman–Crippen LogP) is 5.93. The highest BCUT2D eigenvalue weighted by molar-refractivity contribution is 6.33. The van der Waals surface area contributed by atoms with Gasteiger partial charge in [0.1, 0.15) is 11.5 Å². The third-order valence-corrected chi connectivity index (χ3v) is 4.75. The number of hydrogen-bond donors (Lipinski definition) is 1. The fourth-order valence-electron chi connectivity index (χ4n) is 3.03. The second-order valence-electron chi connectivity index (χ2n) is 6.37. The Hall–Kier alpha value is -3.97. The number of carbonyl (C=O) groups is 1. The van der Waals surface area contributed by atoms with Crippen LogP contribution in [0.15, 0.2) is 65.1 Å². The number of hydrogen-bond acceptors (Lipinski definition) is 5. The number of carboxylic acids is 1. The average Bonchev–Trinajstić information content (AvgIpc) is 3.20. The van der Waals surface area contributed by atoms with Gasteiger partial charge in [-0.2, -0.15) is 0 Å². The van der Waals surface area contributed by atoms with Gasteiger partial charge in [-0.25, -0.2) is 9.78 Å². The van der Waals surface area contributed by atoms with Gasteiger partial charge < -0.3 is 9.52 Å². The molecule has 0 aliphatic rings. The Morgan fingerprint density at radius 1 is 1.10 bits per heavy atom. The maximum atomic E-state index is 11.6. The molecule has 2 aromatic carbocycles. The molecule has 0 aliphatic heterocycles. The van der Waals surface area contributed by atoms with Gasteiger partial charge in [0.2, 0.25) is 0 Å². The van der Waals surface area contributed by atoms with E-state index in [0.717, 1.165) is 0 Å². The van der Waals surface area contributed by atoms with Gasteiger partial charge in [0, 0.05) is 23.1 Å². The van der Waals surface area contributed by atoms with Crippen molar-refractivity contribution in [2.24, 2.45) is 0 Å². The molecular weight excluding hydrogens is 408 g/mol. The van der Waals surface area contributed by atoms with Gasteiger partial charge in [0.25, 0.3) is 5.69 Å². The molecule has 4 aromatic rings. The summed E-state index contributed by atoms with van der Waals surface area (Å²) in [5.41, 5.74) is 1.64. The molecule has 148 valence electrons. The Labute approximate surface area is 175 Å². The topological polar surface area (TPSA) is 106 Å². The molecule has 0 saturated carbocycles. The van der Waals surface area contributed by atoms with Crippen molar-refractivity contribution >= 4 is 46.3 Å². The molecule has 2 aromatic heterocycles. The highest BCUT2D eigenvalue weighted by Gasteiger charge is 2.14. The predicted molar refractivity (Wildman–Crippen MR) is 113 cm³/mol. The molecule has 0 fully saturated rings. The maximum absolute atomic E-state index is 11.6. The van der Waals surface area contributed by atoms with Gasteiger partial charge in [0.05, 0.1) is 26.7 Å². The zero-order valence-electron chi connectivity index (χ0n) is 15.3. The second-order valence-corrected chi connectivity index (χ2v) is 6.78. The van der Waals surface area contributed by atoms with Crippen LogP contribution >= 0.6 is 11.6 Å². The van der Waals surface area contributed by atoms with E-state index in [1.165, 1.54) is 24.3 Å². The van der Waals surface area contributed by atoms with E-state index < -0.39 is 10.9 Å². The lowest BCUT2D eigenvalue weighted by Gasteiger charge is -2.03. The largest absolute Gasteiger partial charge is 0.478 e. The van der Waals surface area contributed by atoms with Crippen molar-refractivity contribution in [2.75, 3.05) is 0 Å². The molecule has 4 rings (SSSR count). The normalized spacial score (nSPS) is 11.2. The van der Waals surface area contributed by atoms with Crippen molar-refractivity contribution < 1.29 is 19.2 Å². The van der Waals surface area contributed by atoms with Crippen molar-refractivity contribution in [3.8, 4) is 11.3 Å². The highest BCUT2D eigenvalue weighted by Crippen LogP contribution is 2.32. The van der Waals surface area contributed by atoms with Crippen LogP contribution in [-0.4, -0.2) is 21.0 Å². The smallest absolute Gasteiger partial charge is 0.336 e. The first-order valence-electron chi connectivity index (χ1n) is 8.78. The number of nitro groups is 1. The van der Waals surface area contributed by atoms with E-state index in [4.69, 9.17) is 16.0 Å². The summed E-state index contributed by atoms with van der Waals surface area (Å²) in [6.45, 7) is 0. The van der Waals surface area contributed by atoms with E-state index in [2.05, 4.69) is 4.98 Å². The molecular formula is C22H13ClN2O5. The van der Waals surface area contributed by atoms with Crippen LogP contribution in [0.25, 0.3) is 34.4 Å². The molecule has 0 unspecified atom stereocenters. The maximum Gasteiger partial charge on any atom is 0.336 e. The van der Waals surface area contributed by atoms with Crippen molar-refractivity contribution in [3.63, 3.8) is 0 Å². The number of non-ortho nitro benzene ring substituents is 1. The summed E-state index contributed by atoms with van der Waals surface area (Å²) >= 11 is 6.14. The van der Waals surface area contributed by atoms with E-state index in [1.807, 2.05) is 0 Å². The first-order valence-corrected chi connectivity index (χ1v) is 9.15. The second kappa shape index (κ2) is 7.81. The molecule has 2 heterocycles. The number of aromatic carboxylic acids is 1. The molecule has 0 saturated heterocycles. The summed E-state index contributed by atoms with van der Waals surface area (Å²) < 4.78 is 5.75. The molecule has 8 heteroatoms. The third kappa shape index (κ3) is 3.78. The van der Waals surface area contributed by atoms with Crippen LogP contribution < -0.4 is 0 Å². The van der Waals surface area contributed by atoms with E-state index in [-0.39, 0.29) is 16.3 Å². The number of nitro benzene ring substituents is 1. The SMILES string of the molecule is O=C(O)c1cc(/C=C/c2ccc(-c3ccc([N+](=O)[O-])cc3Cl)o2)nc2ccccc12. The highest BCUT2D eigenvalue weighted by atomic mass is 35.5. The number of furan rings is 1. The first kappa shape index (κ1) is 19.4. The fourth-order valence-corrected chi connectivity index (χ4v) is 3.30. The van der Waals surface area contributed by atoms with E-state index in [9.17, 15) is 20.0 Å². The number of halogens is 1. The van der Waals surface area contributed by atoms with Gasteiger partial charge in [-0.1, -0.05) is 29.8 Å². The van der Waals surface area contributed by atoms with E-state index in [0.29, 0.717) is 33.7 Å². The Morgan fingerprint density at radius 3 is 2.63 bits per heavy atom. The quantitative estimate of drug-likeness (QED) is 0.317. The minimum atomic E-state index is -1.03. The van der Waals surface area contributed by atoms with Crippen LogP contribution in [0, 0.1) is 10.1 Å². The van der Waals surface area contributed by atoms with Crippen LogP contribution in [0.1, 0.15) is 21.8 Å². The van der Waals surface area contributed by atoms with Crippen LogP contribution in [0.4, 0.5) is 5.69 Å². The first-order chi connectivity index (χ1) is 14.4. The summed E-state index contributed by atoms with van der Waals surface area (Å²) in [6, 6.07) is 16.1. The summed E-state index contributed by atoms with van der Waals surface area (Å²) in [6.07, 6.45) is 3.31. The van der Waals surface area contributed by atoms with Crippen molar-refractivity contribution in [3.05, 3.63) is 92.8 Å². The monoisotopic (exact) mass is 420 g/mol. The minimum Gasteiger partial charge on any atom is -0.478 e. The van der Waals surface area contributed by atoms with E-state index >= 15 is 0 Å². The van der Waals surface area contributed by atoms with Crippen LogP contribution in [-0.2, 0) is 0 Å². The lowest BCUT2D eigenvalue weighted by Crippen LogP contribution is -2.00. The number of aromatic nitrogens is 1. The molecule has 7 nitrogen and oxygen atoms in total. The van der Waals surface area contributed by atoms with Crippen molar-refractivity contribution in [2.45, 2.75) is 0 Å². The Morgan fingerprint density at radius 2 is 1.90 bits per heavy atom. The zero-order chi connectivity index (χ0) is 21.3. The molecule has 0 bridgehead atoms. The number of rotatable bonds is 5. The Bertz CT molecular complexity index is 1330. The molecule has 0 amide bonds. The van der Waals surface area contributed by atoms with Gasteiger partial charge in [-0.3, -0.25) is 10.1 Å². The number of pyridine rings is 1. The van der Waals surface area contributed by atoms with Crippen LogP contribution in [0.5, 0.6) is 0 Å². The van der Waals surface area contributed by atoms with Gasteiger partial charge in [-0.15, -0.1) is 0 Å². The molecule has 0 aliphatic carbocycles. The summed E-state index contributed by atoms with van der Waals surface area (Å²) in [5.74, 6) is -0.0881. The molecule has 0 radical (unpaired) electrons. The van der Waals surface area contributed by atoms with Crippen molar-refractivity contribution in [1.82, 2.24) is 4.98 Å². The number of nitrogens with zero attached hydrogens (tertiary/aromatic N) is 2. The number of para-hydroxylation sites is 1. The minimum absolute atomic E-state index is 0.105. The van der Waals surface area contributed by atoms with E-state index in [1.54, 1.807) is 48.6 Å². The molecule has 0 atom stereocenters. The average molecular weight is 421 g/mol. The van der Waals surface area contributed by atoms with Gasteiger partial charge in [-0.05, 0) is 42.5 Å². The molecule has 1 N–H and O–H groups in total. The summed E-state index contributed by atoms with van der Waals surface area (Å²) in [4.78, 5) is 26.4. The summed E-state index contributed by atoms with van der Waals surface area (Å²) in [5, 5.41) is 21.1. The van der Waals surface area contributed by atoms with Crippen LogP contribution in [0.3, 0.4) is 0 Å². The standard InChI is InChI=1S/C22H13ClN2O5/c23-19-12-14(25(28)29)6-9-17(19)21-10-8-15(30-21)7-5-13-11-18(22(26)27)16-3-1-2-4-20(16)24-13/h1-12H,(H,26,27)/b7-5+. The number of carboxylic acid groups (broad SMARTS) is 1. The molecule has 0 spiro atoms. The zero-order valence-corrected chi connectivity index (χ0v) is 16.0. The Balaban J connectivity index is 1.64. The fraction of sp³-hybridized carbons (Fsp3) is 0. The Kier molecular flexibility index (Phi) is 5.04. The third-order valence-electron chi connectivity index (χ3n) is 4.44. The molecule has 30 heavy (non-hydrogen) atoms. The lowest BCUT2D eigenvalue weighted by molar-refractivity contribution is -0.384. The number of fused-ring (bicyclic) bond motifs is 1. The van der Waals surface area contributed by atoms with Gasteiger partial charge in [0.15, 0.2) is 0 Å². The van der Waals surface area contributed by atoms with Crippen molar-refractivity contribution in [1.29, 1.82) is 0 Å². The lowest BCUT2D eigenvalue weighted by atomic mass is 10.1. The van der Waals surface area contributed by atoms with Gasteiger partial charge >= 0.3 is 5.97 Å². The summed E-state index contributed by atoms with van der Waals surface area (Å²) in [7, 11) is 0. The number of benzene rings is 2.